The highest BCUT2D eigenvalue weighted by atomic mass is 35.5. The topological polar surface area (TPSA) is 20.3 Å². The molecule has 0 N–H and O–H groups in total. The van der Waals surface area contributed by atoms with Gasteiger partial charge in [0, 0.05) is 23.7 Å². The van der Waals surface area contributed by atoms with Crippen molar-refractivity contribution in [2.45, 2.75) is 45.1 Å². The minimum Gasteiger partial charge on any atom is -0.336 e. The molecule has 1 aromatic carbocycles. The molecule has 2 rings (SSSR count). The van der Waals surface area contributed by atoms with E-state index in [2.05, 4.69) is 6.92 Å². The average Bonchev–Trinajstić information content (AvgIpc) is 2.48. The summed E-state index contributed by atoms with van der Waals surface area (Å²) in [7, 11) is 0. The van der Waals surface area contributed by atoms with Gasteiger partial charge in [-0.15, -0.1) is 0 Å². The molecule has 0 heterocycles. The third-order valence-corrected chi connectivity index (χ3v) is 4.29. The highest BCUT2D eigenvalue weighted by Gasteiger charge is 2.22. The molecule has 1 saturated carbocycles. The lowest BCUT2D eigenvalue weighted by atomic mass is 9.94. The van der Waals surface area contributed by atoms with Gasteiger partial charge in [-0.3, -0.25) is 4.79 Å². The van der Waals surface area contributed by atoms with E-state index in [1.54, 1.807) is 6.08 Å². The monoisotopic (exact) mass is 291 g/mol. The van der Waals surface area contributed by atoms with E-state index in [-0.39, 0.29) is 5.91 Å². The summed E-state index contributed by atoms with van der Waals surface area (Å²) in [6.45, 7) is 2.83. The van der Waals surface area contributed by atoms with Crippen LogP contribution in [-0.2, 0) is 4.79 Å². The van der Waals surface area contributed by atoms with E-state index in [0.717, 1.165) is 24.9 Å². The van der Waals surface area contributed by atoms with E-state index in [9.17, 15) is 4.79 Å². The van der Waals surface area contributed by atoms with E-state index >= 15 is 0 Å². The molecular weight excluding hydrogens is 270 g/mol. The van der Waals surface area contributed by atoms with Gasteiger partial charge in [-0.25, -0.2) is 0 Å². The summed E-state index contributed by atoms with van der Waals surface area (Å²) in [6.07, 6.45) is 9.53. The molecule has 20 heavy (non-hydrogen) atoms. The number of nitrogens with zero attached hydrogens (tertiary/aromatic N) is 1. The third-order valence-electron chi connectivity index (χ3n) is 3.95. The first-order chi connectivity index (χ1) is 9.72. The van der Waals surface area contributed by atoms with Gasteiger partial charge in [0.05, 0.1) is 0 Å². The Bertz CT molecular complexity index is 478. The maximum atomic E-state index is 12.4. The fraction of sp³-hybridized carbons (Fsp3) is 0.471. The summed E-state index contributed by atoms with van der Waals surface area (Å²) in [5, 5.41) is 0.678. The molecule has 0 radical (unpaired) electrons. The summed E-state index contributed by atoms with van der Waals surface area (Å²) in [5.74, 6) is 0.0966. The van der Waals surface area contributed by atoms with Crippen molar-refractivity contribution in [3.05, 3.63) is 40.9 Å². The van der Waals surface area contributed by atoms with Crippen molar-refractivity contribution in [1.29, 1.82) is 0 Å². The second kappa shape index (κ2) is 7.49. The largest absolute Gasteiger partial charge is 0.336 e. The Hall–Kier alpha value is -1.28. The molecule has 1 amide bonds. The summed E-state index contributed by atoms with van der Waals surface area (Å²) in [6, 6.07) is 7.99. The number of carbonyl (C=O) groups is 1. The normalized spacial score (nSPS) is 16.5. The molecule has 3 heteroatoms. The van der Waals surface area contributed by atoms with E-state index in [0.29, 0.717) is 11.1 Å². The van der Waals surface area contributed by atoms with Gasteiger partial charge in [0.2, 0.25) is 5.91 Å². The van der Waals surface area contributed by atoms with Crippen LogP contribution in [0.4, 0.5) is 0 Å². The van der Waals surface area contributed by atoms with Crippen LogP contribution < -0.4 is 0 Å². The highest BCUT2D eigenvalue weighted by molar-refractivity contribution is 6.32. The smallest absolute Gasteiger partial charge is 0.246 e. The van der Waals surface area contributed by atoms with Crippen molar-refractivity contribution in [1.82, 2.24) is 4.90 Å². The predicted molar refractivity (Wildman–Crippen MR) is 84.7 cm³/mol. The second-order valence-corrected chi connectivity index (χ2v) is 5.68. The number of likely N-dealkylation sites (N-methyl/N-ethyl adjacent to an activating group) is 1. The lowest BCUT2D eigenvalue weighted by Gasteiger charge is -2.32. The van der Waals surface area contributed by atoms with Crippen molar-refractivity contribution < 1.29 is 4.79 Å². The SMILES string of the molecule is CCN(C(=O)C=Cc1ccccc1Cl)C1CCCCC1. The molecule has 0 aliphatic heterocycles. The molecule has 0 spiro atoms. The zero-order valence-corrected chi connectivity index (χ0v) is 12.8. The van der Waals surface area contributed by atoms with Crippen LogP contribution in [-0.4, -0.2) is 23.4 Å². The Kier molecular flexibility index (Phi) is 5.66. The third kappa shape index (κ3) is 3.86. The summed E-state index contributed by atoms with van der Waals surface area (Å²) < 4.78 is 0. The first-order valence-corrected chi connectivity index (χ1v) is 7.83. The number of hydrogen-bond donors (Lipinski definition) is 0. The molecule has 0 atom stereocenters. The predicted octanol–water partition coefficient (Wildman–Crippen LogP) is 4.53. The van der Waals surface area contributed by atoms with Crippen molar-refractivity contribution in [3.8, 4) is 0 Å². The zero-order valence-electron chi connectivity index (χ0n) is 12.0. The van der Waals surface area contributed by atoms with Gasteiger partial charge in [0.1, 0.15) is 0 Å². The van der Waals surface area contributed by atoms with Crippen molar-refractivity contribution in [2.75, 3.05) is 6.54 Å². The Labute approximate surface area is 126 Å². The van der Waals surface area contributed by atoms with Crippen LogP contribution in [0.1, 0.15) is 44.6 Å². The van der Waals surface area contributed by atoms with E-state index in [1.165, 1.54) is 19.3 Å². The molecule has 1 aromatic rings. The van der Waals surface area contributed by atoms with E-state index < -0.39 is 0 Å². The van der Waals surface area contributed by atoms with Crippen LogP contribution in [0, 0.1) is 0 Å². The Morgan fingerprint density at radius 1 is 1.30 bits per heavy atom. The second-order valence-electron chi connectivity index (χ2n) is 5.27. The minimum atomic E-state index is 0.0966. The first-order valence-electron chi connectivity index (χ1n) is 7.45. The van der Waals surface area contributed by atoms with Crippen molar-refractivity contribution >= 4 is 23.6 Å². The molecule has 1 aliphatic carbocycles. The Morgan fingerprint density at radius 2 is 2.00 bits per heavy atom. The van der Waals surface area contributed by atoms with Crippen LogP contribution in [0.15, 0.2) is 30.3 Å². The van der Waals surface area contributed by atoms with Crippen LogP contribution >= 0.6 is 11.6 Å². The summed E-state index contributed by atoms with van der Waals surface area (Å²) in [5.41, 5.74) is 0.891. The van der Waals surface area contributed by atoms with Gasteiger partial charge in [0.25, 0.3) is 0 Å². The summed E-state index contributed by atoms with van der Waals surface area (Å²) >= 11 is 6.09. The van der Waals surface area contributed by atoms with Gasteiger partial charge in [-0.05, 0) is 37.5 Å². The molecule has 0 aromatic heterocycles. The lowest BCUT2D eigenvalue weighted by molar-refractivity contribution is -0.128. The van der Waals surface area contributed by atoms with Gasteiger partial charge in [-0.2, -0.15) is 0 Å². The number of carbonyl (C=O) groups excluding carboxylic acids is 1. The lowest BCUT2D eigenvalue weighted by Crippen LogP contribution is -2.40. The number of amides is 1. The molecular formula is C17H22ClNO. The molecule has 0 bridgehead atoms. The first kappa shape index (κ1) is 15.1. The number of halogens is 1. The fourth-order valence-electron chi connectivity index (χ4n) is 2.85. The standard InChI is InChI=1S/C17H22ClNO/c1-2-19(15-9-4-3-5-10-15)17(20)13-12-14-8-6-7-11-16(14)18/h6-8,11-13,15H,2-5,9-10H2,1H3. The highest BCUT2D eigenvalue weighted by Crippen LogP contribution is 2.23. The molecule has 1 aliphatic rings. The molecule has 2 nitrogen and oxygen atoms in total. The Balaban J connectivity index is 2.03. The van der Waals surface area contributed by atoms with E-state index in [1.807, 2.05) is 35.2 Å². The molecule has 0 saturated heterocycles. The van der Waals surface area contributed by atoms with E-state index in [4.69, 9.17) is 11.6 Å². The molecule has 0 unspecified atom stereocenters. The van der Waals surface area contributed by atoms with Crippen LogP contribution in [0.5, 0.6) is 0 Å². The van der Waals surface area contributed by atoms with Gasteiger partial charge in [-0.1, -0.05) is 49.1 Å². The van der Waals surface area contributed by atoms with Crippen LogP contribution in [0.2, 0.25) is 5.02 Å². The number of rotatable bonds is 4. The average molecular weight is 292 g/mol. The quantitative estimate of drug-likeness (QED) is 0.746. The Morgan fingerprint density at radius 3 is 2.65 bits per heavy atom. The van der Waals surface area contributed by atoms with Gasteiger partial charge in [0.15, 0.2) is 0 Å². The molecule has 108 valence electrons. The summed E-state index contributed by atoms with van der Waals surface area (Å²) in [4.78, 5) is 14.3. The molecule has 1 fully saturated rings. The van der Waals surface area contributed by atoms with Gasteiger partial charge < -0.3 is 4.90 Å². The maximum absolute atomic E-state index is 12.4. The maximum Gasteiger partial charge on any atom is 0.246 e. The van der Waals surface area contributed by atoms with Gasteiger partial charge >= 0.3 is 0 Å². The van der Waals surface area contributed by atoms with Crippen molar-refractivity contribution in [2.24, 2.45) is 0 Å². The van der Waals surface area contributed by atoms with Crippen LogP contribution in [0.25, 0.3) is 6.08 Å². The zero-order chi connectivity index (χ0) is 14.4. The van der Waals surface area contributed by atoms with Crippen molar-refractivity contribution in [3.63, 3.8) is 0 Å². The number of hydrogen-bond acceptors (Lipinski definition) is 1. The fourth-order valence-corrected chi connectivity index (χ4v) is 3.05. The van der Waals surface area contributed by atoms with Crippen LogP contribution in [0.3, 0.4) is 0 Å². The minimum absolute atomic E-state index is 0.0966. The number of benzene rings is 1.